The van der Waals surface area contributed by atoms with Gasteiger partial charge in [0.1, 0.15) is 5.82 Å². The smallest absolute Gasteiger partial charge is 0.311 e. The first kappa shape index (κ1) is 12.6. The quantitative estimate of drug-likeness (QED) is 0.625. The van der Waals surface area contributed by atoms with Crippen LogP contribution in [0, 0.1) is 10.1 Å². The molecule has 7 heteroatoms. The highest BCUT2D eigenvalue weighted by Crippen LogP contribution is 2.27. The average molecular weight is 252 g/mol. The summed E-state index contributed by atoms with van der Waals surface area (Å²) in [5.74, 6) is 0.879. The van der Waals surface area contributed by atoms with Gasteiger partial charge in [0.05, 0.1) is 17.1 Å². The molecule has 1 aliphatic rings. The second-order valence-corrected chi connectivity index (χ2v) is 4.19. The van der Waals surface area contributed by atoms with Crippen LogP contribution >= 0.6 is 0 Å². The Morgan fingerprint density at radius 3 is 2.89 bits per heavy atom. The Balaban J connectivity index is 2.25. The van der Waals surface area contributed by atoms with Crippen molar-refractivity contribution in [3.63, 3.8) is 0 Å². The molecule has 2 unspecified atom stereocenters. The Bertz CT molecular complexity index is 452. The van der Waals surface area contributed by atoms with Gasteiger partial charge in [-0.3, -0.25) is 10.1 Å². The first-order valence-electron chi connectivity index (χ1n) is 5.83. The van der Waals surface area contributed by atoms with Gasteiger partial charge in [0.15, 0.2) is 0 Å². The normalized spacial score (nSPS) is 22.8. The second kappa shape index (κ2) is 5.18. The summed E-state index contributed by atoms with van der Waals surface area (Å²) >= 11 is 0. The van der Waals surface area contributed by atoms with E-state index >= 15 is 0 Å². The van der Waals surface area contributed by atoms with Gasteiger partial charge in [-0.2, -0.15) is 0 Å². The zero-order valence-electron chi connectivity index (χ0n) is 10.3. The number of nitrogens with zero attached hydrogens (tertiary/aromatic N) is 2. The maximum Gasteiger partial charge on any atom is 0.311 e. The van der Waals surface area contributed by atoms with Crippen molar-refractivity contribution in [2.75, 3.05) is 24.3 Å². The van der Waals surface area contributed by atoms with E-state index in [2.05, 4.69) is 15.6 Å². The fraction of sp³-hybridized carbons (Fsp3) is 0.545. The Labute approximate surface area is 105 Å². The average Bonchev–Trinajstić information content (AvgIpc) is 2.74. The SMILES string of the molecule is CNc1ccc([N+](=O)[O-])c(NC2CCOC2C)n1. The zero-order chi connectivity index (χ0) is 13.1. The Kier molecular flexibility index (Phi) is 3.61. The van der Waals surface area contributed by atoms with Gasteiger partial charge in [0.2, 0.25) is 5.82 Å². The van der Waals surface area contributed by atoms with Crippen LogP contribution in [0.1, 0.15) is 13.3 Å². The van der Waals surface area contributed by atoms with E-state index in [0.717, 1.165) is 6.42 Å². The molecule has 1 aromatic rings. The minimum absolute atomic E-state index is 0.0203. The van der Waals surface area contributed by atoms with Crippen LogP contribution in [0.2, 0.25) is 0 Å². The van der Waals surface area contributed by atoms with Crippen molar-refractivity contribution in [1.82, 2.24) is 4.98 Å². The van der Waals surface area contributed by atoms with Crippen molar-refractivity contribution in [2.45, 2.75) is 25.5 Å². The molecule has 98 valence electrons. The van der Waals surface area contributed by atoms with E-state index in [0.29, 0.717) is 12.4 Å². The molecule has 2 heterocycles. The number of hydrogen-bond acceptors (Lipinski definition) is 6. The topological polar surface area (TPSA) is 89.3 Å². The van der Waals surface area contributed by atoms with Crippen LogP contribution in [0.25, 0.3) is 0 Å². The monoisotopic (exact) mass is 252 g/mol. The molecule has 1 saturated heterocycles. The molecule has 0 spiro atoms. The van der Waals surface area contributed by atoms with Crippen molar-refractivity contribution in [3.05, 3.63) is 22.2 Å². The third kappa shape index (κ3) is 2.51. The lowest BCUT2D eigenvalue weighted by Crippen LogP contribution is -2.27. The molecule has 18 heavy (non-hydrogen) atoms. The summed E-state index contributed by atoms with van der Waals surface area (Å²) in [5, 5.41) is 16.9. The molecule has 1 aliphatic heterocycles. The maximum atomic E-state index is 11.0. The zero-order valence-corrected chi connectivity index (χ0v) is 10.3. The predicted molar refractivity (Wildman–Crippen MR) is 67.9 cm³/mol. The molecule has 2 N–H and O–H groups in total. The van der Waals surface area contributed by atoms with Crippen LogP contribution in [-0.4, -0.2) is 35.7 Å². The van der Waals surface area contributed by atoms with Crippen molar-refractivity contribution in [1.29, 1.82) is 0 Å². The van der Waals surface area contributed by atoms with Crippen LogP contribution in [0.5, 0.6) is 0 Å². The van der Waals surface area contributed by atoms with Gasteiger partial charge in [0.25, 0.3) is 0 Å². The lowest BCUT2D eigenvalue weighted by atomic mass is 10.1. The molecule has 0 saturated carbocycles. The summed E-state index contributed by atoms with van der Waals surface area (Å²) in [4.78, 5) is 14.7. The standard InChI is InChI=1S/C11H16N4O3/c1-7-8(5-6-18-7)13-11-9(15(16)17)3-4-10(12-2)14-11/h3-4,7-8H,5-6H2,1-2H3,(H2,12,13,14). The highest BCUT2D eigenvalue weighted by atomic mass is 16.6. The number of anilines is 2. The van der Waals surface area contributed by atoms with Crippen LogP contribution < -0.4 is 10.6 Å². The van der Waals surface area contributed by atoms with Crippen LogP contribution in [0.4, 0.5) is 17.3 Å². The molecule has 0 radical (unpaired) electrons. The summed E-state index contributed by atoms with van der Waals surface area (Å²) in [7, 11) is 1.72. The molecule has 0 aromatic carbocycles. The molecule has 2 atom stereocenters. The number of nitrogens with one attached hydrogen (secondary N) is 2. The minimum atomic E-state index is -0.435. The fourth-order valence-corrected chi connectivity index (χ4v) is 1.94. The van der Waals surface area contributed by atoms with Crippen molar-refractivity contribution in [3.8, 4) is 0 Å². The summed E-state index contributed by atoms with van der Waals surface area (Å²) in [6, 6.07) is 3.09. The highest BCUT2D eigenvalue weighted by molar-refractivity contribution is 5.60. The van der Waals surface area contributed by atoms with Crippen LogP contribution in [0.15, 0.2) is 12.1 Å². The summed E-state index contributed by atoms with van der Waals surface area (Å²) in [6.07, 6.45) is 0.855. The van der Waals surface area contributed by atoms with E-state index < -0.39 is 4.92 Å². The first-order valence-corrected chi connectivity index (χ1v) is 5.83. The Morgan fingerprint density at radius 1 is 1.56 bits per heavy atom. The second-order valence-electron chi connectivity index (χ2n) is 4.19. The van der Waals surface area contributed by atoms with E-state index in [1.807, 2.05) is 6.92 Å². The summed E-state index contributed by atoms with van der Waals surface area (Å²) in [6.45, 7) is 2.61. The number of ether oxygens (including phenoxy) is 1. The lowest BCUT2D eigenvalue weighted by Gasteiger charge is -2.16. The first-order chi connectivity index (χ1) is 8.61. The molecular formula is C11H16N4O3. The van der Waals surface area contributed by atoms with Gasteiger partial charge in [0, 0.05) is 19.7 Å². The van der Waals surface area contributed by atoms with E-state index in [4.69, 9.17) is 4.74 Å². The third-order valence-electron chi connectivity index (χ3n) is 3.03. The number of rotatable bonds is 4. The van der Waals surface area contributed by atoms with E-state index in [9.17, 15) is 10.1 Å². The molecule has 0 bridgehead atoms. The van der Waals surface area contributed by atoms with Gasteiger partial charge in [-0.25, -0.2) is 4.98 Å². The number of hydrogen-bond donors (Lipinski definition) is 2. The molecule has 2 rings (SSSR count). The number of pyridine rings is 1. The Morgan fingerprint density at radius 2 is 2.33 bits per heavy atom. The Hall–Kier alpha value is -1.89. The predicted octanol–water partition coefficient (Wildman–Crippen LogP) is 1.62. The van der Waals surface area contributed by atoms with Crippen molar-refractivity contribution in [2.24, 2.45) is 0 Å². The summed E-state index contributed by atoms with van der Waals surface area (Å²) < 4.78 is 5.42. The van der Waals surface area contributed by atoms with Crippen LogP contribution in [0.3, 0.4) is 0 Å². The van der Waals surface area contributed by atoms with Gasteiger partial charge >= 0.3 is 5.69 Å². The molecule has 1 fully saturated rings. The summed E-state index contributed by atoms with van der Waals surface area (Å²) in [5.41, 5.74) is -0.0203. The van der Waals surface area contributed by atoms with Crippen molar-refractivity contribution >= 4 is 17.3 Å². The number of nitro groups is 1. The molecule has 0 aliphatic carbocycles. The number of aromatic nitrogens is 1. The molecular weight excluding hydrogens is 236 g/mol. The van der Waals surface area contributed by atoms with E-state index in [1.54, 1.807) is 13.1 Å². The van der Waals surface area contributed by atoms with Gasteiger partial charge in [-0.15, -0.1) is 0 Å². The van der Waals surface area contributed by atoms with E-state index in [1.165, 1.54) is 6.07 Å². The van der Waals surface area contributed by atoms with Crippen LogP contribution in [-0.2, 0) is 4.74 Å². The highest BCUT2D eigenvalue weighted by Gasteiger charge is 2.27. The molecule has 7 nitrogen and oxygen atoms in total. The van der Waals surface area contributed by atoms with E-state index in [-0.39, 0.29) is 23.7 Å². The van der Waals surface area contributed by atoms with Gasteiger partial charge < -0.3 is 15.4 Å². The fourth-order valence-electron chi connectivity index (χ4n) is 1.94. The van der Waals surface area contributed by atoms with Gasteiger partial charge in [-0.05, 0) is 19.4 Å². The van der Waals surface area contributed by atoms with Gasteiger partial charge in [-0.1, -0.05) is 0 Å². The lowest BCUT2D eigenvalue weighted by molar-refractivity contribution is -0.384. The molecule has 0 amide bonds. The molecule has 1 aromatic heterocycles. The van der Waals surface area contributed by atoms with Crippen molar-refractivity contribution < 1.29 is 9.66 Å². The third-order valence-corrected chi connectivity index (χ3v) is 3.03. The largest absolute Gasteiger partial charge is 0.376 e. The maximum absolute atomic E-state index is 11.0. The minimum Gasteiger partial charge on any atom is -0.376 e.